The summed E-state index contributed by atoms with van der Waals surface area (Å²) in [7, 11) is 0. The number of aliphatic imine (C=N–C) groups is 1. The lowest BCUT2D eigenvalue weighted by Crippen LogP contribution is -2.00. The molecule has 1 heterocycles. The molecule has 0 saturated carbocycles. The van der Waals surface area contributed by atoms with Crippen molar-refractivity contribution in [3.05, 3.63) is 83.2 Å². The summed E-state index contributed by atoms with van der Waals surface area (Å²) in [4.78, 5) is 4.63. The molecular formula is C20H20N2. The first-order chi connectivity index (χ1) is 10.6. The molecule has 0 amide bonds. The molecule has 2 heteroatoms. The molecule has 0 spiro atoms. The van der Waals surface area contributed by atoms with Crippen LogP contribution in [-0.2, 0) is 0 Å². The molecule has 0 aliphatic carbocycles. The van der Waals surface area contributed by atoms with Crippen molar-refractivity contribution >= 4 is 11.9 Å². The Kier molecular flexibility index (Phi) is 3.92. The van der Waals surface area contributed by atoms with Crippen molar-refractivity contribution in [2.75, 3.05) is 0 Å². The van der Waals surface area contributed by atoms with Crippen molar-refractivity contribution in [1.82, 2.24) is 4.57 Å². The van der Waals surface area contributed by atoms with E-state index >= 15 is 0 Å². The van der Waals surface area contributed by atoms with Gasteiger partial charge in [-0.25, -0.2) is 0 Å². The van der Waals surface area contributed by atoms with Crippen molar-refractivity contribution in [2.24, 2.45) is 4.99 Å². The summed E-state index contributed by atoms with van der Waals surface area (Å²) >= 11 is 0. The lowest BCUT2D eigenvalue weighted by Gasteiger charge is -2.09. The maximum absolute atomic E-state index is 4.63. The number of aryl methyl sites for hydroxylation is 3. The maximum atomic E-state index is 4.63. The van der Waals surface area contributed by atoms with Crippen LogP contribution in [0.5, 0.6) is 0 Å². The zero-order valence-corrected chi connectivity index (χ0v) is 13.2. The van der Waals surface area contributed by atoms with E-state index in [9.17, 15) is 0 Å². The van der Waals surface area contributed by atoms with Gasteiger partial charge < -0.3 is 4.57 Å². The Morgan fingerprint density at radius 2 is 1.59 bits per heavy atom. The standard InChI is InChI=1S/C20H20N2/c1-15-9-11-18(13-16(15)2)21-14-20-12-10-17(3)22(20)19-7-5-4-6-8-19/h4-14H,1-3H3. The second kappa shape index (κ2) is 6.02. The molecule has 2 aromatic carbocycles. The van der Waals surface area contributed by atoms with Gasteiger partial charge in [0.2, 0.25) is 0 Å². The van der Waals surface area contributed by atoms with Gasteiger partial charge in [0.05, 0.1) is 17.6 Å². The van der Waals surface area contributed by atoms with E-state index < -0.39 is 0 Å². The summed E-state index contributed by atoms with van der Waals surface area (Å²) in [6.07, 6.45) is 1.93. The summed E-state index contributed by atoms with van der Waals surface area (Å²) in [5.41, 5.74) is 6.99. The van der Waals surface area contributed by atoms with E-state index in [0.29, 0.717) is 0 Å². The third kappa shape index (κ3) is 2.86. The Morgan fingerprint density at radius 1 is 0.818 bits per heavy atom. The minimum atomic E-state index is 0.988. The second-order valence-electron chi connectivity index (χ2n) is 5.60. The van der Waals surface area contributed by atoms with E-state index in [4.69, 9.17) is 0 Å². The molecule has 110 valence electrons. The van der Waals surface area contributed by atoms with Crippen LogP contribution < -0.4 is 0 Å². The largest absolute Gasteiger partial charge is 0.313 e. The Labute approximate surface area is 131 Å². The monoisotopic (exact) mass is 288 g/mol. The molecule has 1 aromatic heterocycles. The molecule has 0 N–H and O–H groups in total. The molecule has 0 unspecified atom stereocenters. The van der Waals surface area contributed by atoms with Gasteiger partial charge in [-0.3, -0.25) is 4.99 Å². The minimum absolute atomic E-state index is 0.988. The Morgan fingerprint density at radius 3 is 2.32 bits per heavy atom. The first-order valence-electron chi connectivity index (χ1n) is 7.50. The van der Waals surface area contributed by atoms with E-state index in [2.05, 4.69) is 84.9 Å². The quantitative estimate of drug-likeness (QED) is 0.593. The van der Waals surface area contributed by atoms with Crippen LogP contribution in [0.2, 0.25) is 0 Å². The van der Waals surface area contributed by atoms with Gasteiger partial charge in [0.25, 0.3) is 0 Å². The highest BCUT2D eigenvalue weighted by Gasteiger charge is 2.05. The van der Waals surface area contributed by atoms with E-state index in [-0.39, 0.29) is 0 Å². The normalized spacial score (nSPS) is 11.2. The van der Waals surface area contributed by atoms with Gasteiger partial charge >= 0.3 is 0 Å². The fourth-order valence-corrected chi connectivity index (χ4v) is 2.54. The van der Waals surface area contributed by atoms with Gasteiger partial charge in [0.1, 0.15) is 0 Å². The Hall–Kier alpha value is -2.61. The third-order valence-electron chi connectivity index (χ3n) is 3.96. The predicted octanol–water partition coefficient (Wildman–Crippen LogP) is 5.15. The van der Waals surface area contributed by atoms with Crippen LogP contribution >= 0.6 is 0 Å². The average molecular weight is 288 g/mol. The molecule has 0 aliphatic heterocycles. The van der Waals surface area contributed by atoms with Crippen LogP contribution in [0.15, 0.2) is 65.7 Å². The van der Waals surface area contributed by atoms with Crippen molar-refractivity contribution in [1.29, 1.82) is 0 Å². The number of para-hydroxylation sites is 1. The van der Waals surface area contributed by atoms with Crippen molar-refractivity contribution < 1.29 is 0 Å². The summed E-state index contributed by atoms with van der Waals surface area (Å²) in [6, 6.07) is 20.9. The van der Waals surface area contributed by atoms with Gasteiger partial charge in [-0.15, -0.1) is 0 Å². The number of rotatable bonds is 3. The third-order valence-corrected chi connectivity index (χ3v) is 3.96. The van der Waals surface area contributed by atoms with E-state index in [1.807, 2.05) is 12.3 Å². The van der Waals surface area contributed by atoms with Crippen LogP contribution in [0.3, 0.4) is 0 Å². The lowest BCUT2D eigenvalue weighted by atomic mass is 10.1. The number of aromatic nitrogens is 1. The van der Waals surface area contributed by atoms with Crippen LogP contribution in [0.1, 0.15) is 22.5 Å². The summed E-state index contributed by atoms with van der Waals surface area (Å²) in [6.45, 7) is 6.35. The molecular weight excluding hydrogens is 268 g/mol. The van der Waals surface area contributed by atoms with E-state index in [0.717, 1.165) is 17.1 Å². The van der Waals surface area contributed by atoms with Crippen LogP contribution in [0, 0.1) is 20.8 Å². The molecule has 0 fully saturated rings. The highest BCUT2D eigenvalue weighted by molar-refractivity contribution is 5.81. The van der Waals surface area contributed by atoms with Crippen molar-refractivity contribution in [3.63, 3.8) is 0 Å². The number of hydrogen-bond donors (Lipinski definition) is 0. The molecule has 0 atom stereocenters. The number of benzene rings is 2. The second-order valence-corrected chi connectivity index (χ2v) is 5.60. The van der Waals surface area contributed by atoms with Gasteiger partial charge in [-0.05, 0) is 68.3 Å². The lowest BCUT2D eigenvalue weighted by molar-refractivity contribution is 1.01. The Balaban J connectivity index is 1.96. The van der Waals surface area contributed by atoms with E-state index in [1.54, 1.807) is 0 Å². The highest BCUT2D eigenvalue weighted by atomic mass is 15.0. The smallest absolute Gasteiger partial charge is 0.0641 e. The summed E-state index contributed by atoms with van der Waals surface area (Å²) in [5, 5.41) is 0. The molecule has 22 heavy (non-hydrogen) atoms. The fourth-order valence-electron chi connectivity index (χ4n) is 2.54. The number of hydrogen-bond acceptors (Lipinski definition) is 1. The fraction of sp³-hybridized carbons (Fsp3) is 0.150. The molecule has 3 rings (SSSR count). The summed E-state index contributed by atoms with van der Waals surface area (Å²) in [5.74, 6) is 0. The molecule has 3 aromatic rings. The van der Waals surface area contributed by atoms with Crippen molar-refractivity contribution in [3.8, 4) is 5.69 Å². The summed E-state index contributed by atoms with van der Waals surface area (Å²) < 4.78 is 2.21. The van der Waals surface area contributed by atoms with Crippen LogP contribution in [0.25, 0.3) is 5.69 Å². The SMILES string of the molecule is Cc1ccc(N=Cc2ccc(C)n2-c2ccccc2)cc1C. The van der Waals surface area contributed by atoms with Gasteiger partial charge in [0.15, 0.2) is 0 Å². The highest BCUT2D eigenvalue weighted by Crippen LogP contribution is 2.19. The minimum Gasteiger partial charge on any atom is -0.313 e. The number of nitrogens with zero attached hydrogens (tertiary/aromatic N) is 2. The molecule has 2 nitrogen and oxygen atoms in total. The topological polar surface area (TPSA) is 17.3 Å². The first-order valence-corrected chi connectivity index (χ1v) is 7.50. The molecule has 0 aliphatic rings. The zero-order valence-electron chi connectivity index (χ0n) is 13.2. The molecule has 0 saturated heterocycles. The molecule has 0 bridgehead atoms. The average Bonchev–Trinajstić information content (AvgIpc) is 2.90. The first kappa shape index (κ1) is 14.3. The van der Waals surface area contributed by atoms with Crippen molar-refractivity contribution in [2.45, 2.75) is 20.8 Å². The van der Waals surface area contributed by atoms with Crippen LogP contribution in [0.4, 0.5) is 5.69 Å². The van der Waals surface area contributed by atoms with Gasteiger partial charge in [0, 0.05) is 11.4 Å². The van der Waals surface area contributed by atoms with Gasteiger partial charge in [-0.1, -0.05) is 24.3 Å². The zero-order chi connectivity index (χ0) is 15.5. The Bertz CT molecular complexity index is 811. The predicted molar refractivity (Wildman–Crippen MR) is 93.7 cm³/mol. The van der Waals surface area contributed by atoms with E-state index in [1.165, 1.54) is 16.8 Å². The maximum Gasteiger partial charge on any atom is 0.0641 e. The molecule has 0 radical (unpaired) electrons. The van der Waals surface area contributed by atoms with Gasteiger partial charge in [-0.2, -0.15) is 0 Å². The van der Waals surface area contributed by atoms with Crippen LogP contribution in [-0.4, -0.2) is 10.8 Å².